The second-order valence-corrected chi connectivity index (χ2v) is 8.98. The summed E-state index contributed by atoms with van der Waals surface area (Å²) < 4.78 is 37.0. The maximum absolute atomic E-state index is 13.2. The molecule has 1 unspecified atom stereocenters. The minimum absolute atomic E-state index is 0.0687. The Labute approximate surface area is 204 Å². The van der Waals surface area contributed by atoms with Crippen LogP contribution in [-0.4, -0.2) is 78.6 Å². The molecule has 3 rings (SSSR count). The molecule has 2 aliphatic heterocycles. The number of nitrogens with zero attached hydrogens (tertiary/aromatic N) is 3. The van der Waals surface area contributed by atoms with Gasteiger partial charge in [-0.3, -0.25) is 19.5 Å². The minimum atomic E-state index is -4.40. The molecule has 0 aromatic rings. The van der Waals surface area contributed by atoms with Gasteiger partial charge in [-0.2, -0.15) is 13.2 Å². The highest BCUT2D eigenvalue weighted by atomic mass is 32.2. The van der Waals surface area contributed by atoms with Gasteiger partial charge in [0, 0.05) is 44.0 Å². The summed E-state index contributed by atoms with van der Waals surface area (Å²) in [5.74, 6) is 0.249. The molecule has 0 aromatic heterocycles. The number of hydrogen-bond acceptors (Lipinski definition) is 9. The standard InChI is InChI=1S/C20H27F3N8O3S/c1-25-8-12(7-24)16-28-14(10-35-16)29-17(33)19(3-4-19)31-11-27-15(13(31)9-32)30(2)18(34)26-6-5-20(21,22)23/h7-10,16,27-28H,3-6,11,24H2,1-2H3,(H,26,34)(H,29,33)/b12-7+,25-8?. The third kappa shape index (κ3) is 5.83. The summed E-state index contributed by atoms with van der Waals surface area (Å²) in [5.41, 5.74) is 5.43. The van der Waals surface area contributed by atoms with Crippen LogP contribution in [0.3, 0.4) is 0 Å². The van der Waals surface area contributed by atoms with Crippen LogP contribution in [0.15, 0.2) is 39.5 Å². The van der Waals surface area contributed by atoms with Gasteiger partial charge < -0.3 is 31.9 Å². The van der Waals surface area contributed by atoms with Gasteiger partial charge >= 0.3 is 12.2 Å². The molecular weight excluding hydrogens is 489 g/mol. The number of hydrogen-bond donors (Lipinski definition) is 5. The maximum atomic E-state index is 13.2. The third-order valence-electron chi connectivity index (χ3n) is 5.67. The van der Waals surface area contributed by atoms with E-state index < -0.39 is 30.7 Å². The van der Waals surface area contributed by atoms with Gasteiger partial charge in [0.1, 0.15) is 28.3 Å². The second-order valence-electron chi connectivity index (χ2n) is 8.00. The highest BCUT2D eigenvalue weighted by Gasteiger charge is 2.57. The molecule has 15 heteroatoms. The monoisotopic (exact) mass is 516 g/mol. The number of aldehydes is 1. The van der Waals surface area contributed by atoms with E-state index in [0.717, 1.165) is 10.5 Å². The molecule has 1 aliphatic carbocycles. The normalized spacial score (nSPS) is 21.4. The van der Waals surface area contributed by atoms with Gasteiger partial charge in [-0.25, -0.2) is 4.79 Å². The molecule has 0 bridgehead atoms. The van der Waals surface area contributed by atoms with Crippen molar-refractivity contribution in [3.05, 3.63) is 34.5 Å². The van der Waals surface area contributed by atoms with E-state index in [-0.39, 0.29) is 29.5 Å². The largest absolute Gasteiger partial charge is 0.404 e. The van der Waals surface area contributed by atoms with Crippen LogP contribution >= 0.6 is 11.8 Å². The van der Waals surface area contributed by atoms with Crippen LogP contribution in [0, 0.1) is 0 Å². The van der Waals surface area contributed by atoms with E-state index in [1.807, 2.05) is 0 Å². The Bertz CT molecular complexity index is 991. The molecule has 11 nitrogen and oxygen atoms in total. The predicted octanol–water partition coefficient (Wildman–Crippen LogP) is 0.464. The molecule has 1 fully saturated rings. The molecule has 35 heavy (non-hydrogen) atoms. The van der Waals surface area contributed by atoms with Gasteiger partial charge in [0.05, 0.1) is 13.1 Å². The fraction of sp³-hybridized carbons (Fsp3) is 0.500. The van der Waals surface area contributed by atoms with Gasteiger partial charge in [-0.05, 0) is 12.8 Å². The number of carbonyl (C=O) groups excluding carboxylic acids is 3. The first-order chi connectivity index (χ1) is 16.6. The van der Waals surface area contributed by atoms with Gasteiger partial charge in [-0.15, -0.1) is 11.8 Å². The van der Waals surface area contributed by atoms with Gasteiger partial charge in [0.2, 0.25) is 0 Å². The number of alkyl halides is 3. The lowest BCUT2D eigenvalue weighted by Gasteiger charge is -2.28. The van der Waals surface area contributed by atoms with Crippen LogP contribution in [0.4, 0.5) is 18.0 Å². The van der Waals surface area contributed by atoms with Gasteiger partial charge in [0.15, 0.2) is 6.29 Å². The summed E-state index contributed by atoms with van der Waals surface area (Å²) in [6, 6.07) is -0.810. The van der Waals surface area contributed by atoms with E-state index in [1.165, 1.54) is 25.0 Å². The van der Waals surface area contributed by atoms with Crippen molar-refractivity contribution in [2.45, 2.75) is 36.4 Å². The van der Waals surface area contributed by atoms with Crippen molar-refractivity contribution in [2.75, 3.05) is 27.3 Å². The first-order valence-corrected chi connectivity index (χ1v) is 11.6. The Hall–Kier alpha value is -3.36. The average molecular weight is 517 g/mol. The van der Waals surface area contributed by atoms with Crippen molar-refractivity contribution < 1.29 is 27.6 Å². The fourth-order valence-electron chi connectivity index (χ4n) is 3.68. The highest BCUT2D eigenvalue weighted by molar-refractivity contribution is 8.03. The zero-order valence-electron chi connectivity index (χ0n) is 19.1. The lowest BCUT2D eigenvalue weighted by molar-refractivity contribution is -0.133. The van der Waals surface area contributed by atoms with Crippen molar-refractivity contribution in [2.24, 2.45) is 10.7 Å². The van der Waals surface area contributed by atoms with Crippen LogP contribution in [-0.2, 0) is 9.59 Å². The Morgan fingerprint density at radius 3 is 2.71 bits per heavy atom. The Morgan fingerprint density at radius 2 is 2.14 bits per heavy atom. The molecular formula is C20H27F3N8O3S. The molecule has 6 N–H and O–H groups in total. The number of thioether (sulfide) groups is 1. The van der Waals surface area contributed by atoms with E-state index in [2.05, 4.69) is 26.3 Å². The zero-order valence-corrected chi connectivity index (χ0v) is 19.9. The number of nitrogens with one attached hydrogen (secondary N) is 4. The quantitative estimate of drug-likeness (QED) is 0.220. The van der Waals surface area contributed by atoms with Crippen molar-refractivity contribution in [3.8, 4) is 0 Å². The highest BCUT2D eigenvalue weighted by Crippen LogP contribution is 2.45. The average Bonchev–Trinajstić information content (AvgIpc) is 3.29. The van der Waals surface area contributed by atoms with E-state index in [4.69, 9.17) is 5.73 Å². The first kappa shape index (κ1) is 26.2. The smallest absolute Gasteiger partial charge is 0.390 e. The summed E-state index contributed by atoms with van der Waals surface area (Å²) in [5, 5.41) is 12.6. The van der Waals surface area contributed by atoms with E-state index in [9.17, 15) is 27.6 Å². The molecule has 0 spiro atoms. The van der Waals surface area contributed by atoms with E-state index in [1.54, 1.807) is 23.6 Å². The summed E-state index contributed by atoms with van der Waals surface area (Å²) >= 11 is 1.41. The molecule has 0 radical (unpaired) electrons. The summed E-state index contributed by atoms with van der Waals surface area (Å²) in [6.07, 6.45) is -1.07. The molecule has 0 saturated heterocycles. The second kappa shape index (κ2) is 10.5. The number of aliphatic imine (C=N–C) groups is 1. The topological polar surface area (TPSA) is 144 Å². The predicted molar refractivity (Wildman–Crippen MR) is 124 cm³/mol. The van der Waals surface area contributed by atoms with Gasteiger partial charge in [-0.1, -0.05) is 0 Å². The van der Waals surface area contributed by atoms with Crippen molar-refractivity contribution in [1.29, 1.82) is 0 Å². The molecule has 1 saturated carbocycles. The lowest BCUT2D eigenvalue weighted by atomic mass is 10.2. The van der Waals surface area contributed by atoms with E-state index >= 15 is 0 Å². The van der Waals surface area contributed by atoms with Crippen LogP contribution in [0.25, 0.3) is 0 Å². The minimum Gasteiger partial charge on any atom is -0.404 e. The Balaban J connectivity index is 1.65. The van der Waals surface area contributed by atoms with Crippen LogP contribution in [0.2, 0.25) is 0 Å². The molecule has 0 aromatic carbocycles. The summed E-state index contributed by atoms with van der Waals surface area (Å²) in [7, 11) is 2.95. The number of halogens is 3. The molecule has 192 valence electrons. The van der Waals surface area contributed by atoms with Crippen molar-refractivity contribution >= 4 is 36.2 Å². The van der Waals surface area contributed by atoms with Crippen LogP contribution < -0.4 is 27.0 Å². The van der Waals surface area contributed by atoms with Crippen molar-refractivity contribution in [1.82, 2.24) is 31.1 Å². The third-order valence-corrected chi connectivity index (χ3v) is 6.70. The number of allylic oxidation sites excluding steroid dienone is 1. The number of rotatable bonds is 9. The molecule has 3 aliphatic rings. The van der Waals surface area contributed by atoms with E-state index in [0.29, 0.717) is 24.9 Å². The molecule has 3 amide bonds. The Kier molecular flexibility index (Phi) is 7.87. The lowest BCUT2D eigenvalue weighted by Crippen LogP contribution is -2.50. The summed E-state index contributed by atoms with van der Waals surface area (Å²) in [6.45, 7) is -0.521. The number of nitrogens with two attached hydrogens (primary N) is 1. The van der Waals surface area contributed by atoms with Crippen molar-refractivity contribution in [3.63, 3.8) is 0 Å². The molecule has 2 heterocycles. The van der Waals surface area contributed by atoms with Crippen LogP contribution in [0.5, 0.6) is 0 Å². The zero-order chi connectivity index (χ0) is 25.8. The van der Waals surface area contributed by atoms with Gasteiger partial charge in [0.25, 0.3) is 5.91 Å². The fourth-order valence-corrected chi connectivity index (χ4v) is 4.57. The number of carbonyl (C=O) groups is 3. The van der Waals surface area contributed by atoms with Crippen LogP contribution in [0.1, 0.15) is 19.3 Å². The summed E-state index contributed by atoms with van der Waals surface area (Å²) in [4.78, 5) is 43.9. The molecule has 1 atom stereocenters. The number of amides is 3. The Morgan fingerprint density at radius 1 is 1.43 bits per heavy atom. The maximum Gasteiger partial charge on any atom is 0.390 e. The number of urea groups is 1. The SMILES string of the molecule is CN=C/C(=C\N)C1NC(NC(=O)C2(N3CNC(N(C)C(=O)NCCC(F)(F)F)=C3C=O)CC2)=CS1. The first-order valence-electron chi connectivity index (χ1n) is 10.6.